The monoisotopic (exact) mass is 516 g/mol. The van der Waals surface area contributed by atoms with Crippen LogP contribution in [0.4, 0.5) is 13.2 Å². The number of unbranched alkanes of at least 4 members (excludes halogenated alkanes) is 2. The molecule has 5 heteroatoms. The van der Waals surface area contributed by atoms with Crippen molar-refractivity contribution in [3.05, 3.63) is 113 Å². The minimum absolute atomic E-state index is 0.0908. The lowest BCUT2D eigenvalue weighted by Gasteiger charge is -2.11. The third kappa shape index (κ3) is 6.34. The Kier molecular flexibility index (Phi) is 9.01. The average molecular weight is 517 g/mol. The topological polar surface area (TPSA) is 26.3 Å². The van der Waals surface area contributed by atoms with Crippen molar-refractivity contribution in [2.24, 2.45) is 0 Å². The number of esters is 1. The lowest BCUT2D eigenvalue weighted by molar-refractivity contribution is 0.0727. The fourth-order valence-corrected chi connectivity index (χ4v) is 4.45. The molecular formula is C33H31F3O2. The molecule has 0 fully saturated rings. The second kappa shape index (κ2) is 12.6. The first kappa shape index (κ1) is 27.2. The minimum atomic E-state index is -1.23. The van der Waals surface area contributed by atoms with Gasteiger partial charge in [-0.3, -0.25) is 0 Å². The van der Waals surface area contributed by atoms with Gasteiger partial charge in [0.05, 0.1) is 5.56 Å². The van der Waals surface area contributed by atoms with Gasteiger partial charge in [0.1, 0.15) is 5.82 Å². The van der Waals surface area contributed by atoms with Gasteiger partial charge in [-0.2, -0.15) is 4.39 Å². The first-order chi connectivity index (χ1) is 18.4. The summed E-state index contributed by atoms with van der Waals surface area (Å²) >= 11 is 0. The van der Waals surface area contributed by atoms with Gasteiger partial charge in [-0.25, -0.2) is 13.6 Å². The molecule has 0 N–H and O–H groups in total. The predicted molar refractivity (Wildman–Crippen MR) is 146 cm³/mol. The molecule has 4 rings (SSSR count). The molecule has 4 aromatic rings. The van der Waals surface area contributed by atoms with Gasteiger partial charge >= 0.3 is 5.97 Å². The van der Waals surface area contributed by atoms with Crippen LogP contribution in [0.5, 0.6) is 5.75 Å². The second-order valence-corrected chi connectivity index (χ2v) is 9.42. The van der Waals surface area contributed by atoms with Gasteiger partial charge < -0.3 is 4.74 Å². The number of rotatable bonds is 10. The van der Waals surface area contributed by atoms with Crippen molar-refractivity contribution in [3.8, 4) is 28.0 Å². The Bertz CT molecular complexity index is 1390. The van der Waals surface area contributed by atoms with Crippen LogP contribution >= 0.6 is 0 Å². The van der Waals surface area contributed by atoms with Crippen LogP contribution in [0.15, 0.2) is 78.9 Å². The minimum Gasteiger partial charge on any atom is -0.420 e. The average Bonchev–Trinajstić information content (AvgIpc) is 2.92. The summed E-state index contributed by atoms with van der Waals surface area (Å²) in [6.45, 7) is 4.20. The van der Waals surface area contributed by atoms with Crippen LogP contribution in [0.3, 0.4) is 0 Å². The van der Waals surface area contributed by atoms with E-state index >= 15 is 0 Å². The Hall–Kier alpha value is -3.86. The summed E-state index contributed by atoms with van der Waals surface area (Å²) in [5.74, 6) is -3.97. The summed E-state index contributed by atoms with van der Waals surface area (Å²) in [7, 11) is 0. The number of carbonyl (C=O) groups is 1. The molecule has 4 aromatic carbocycles. The van der Waals surface area contributed by atoms with E-state index < -0.39 is 23.4 Å². The molecule has 0 radical (unpaired) electrons. The van der Waals surface area contributed by atoms with Crippen molar-refractivity contribution in [3.63, 3.8) is 0 Å². The van der Waals surface area contributed by atoms with E-state index in [-0.39, 0.29) is 16.9 Å². The molecule has 0 atom stereocenters. The molecule has 0 saturated carbocycles. The fourth-order valence-electron chi connectivity index (χ4n) is 4.45. The molecule has 0 saturated heterocycles. The van der Waals surface area contributed by atoms with Gasteiger partial charge in [-0.05, 0) is 71.8 Å². The second-order valence-electron chi connectivity index (χ2n) is 9.42. The van der Waals surface area contributed by atoms with Gasteiger partial charge in [0, 0.05) is 11.1 Å². The lowest BCUT2D eigenvalue weighted by atomic mass is 9.99. The van der Waals surface area contributed by atoms with Crippen LogP contribution in [0.2, 0.25) is 0 Å². The Morgan fingerprint density at radius 1 is 0.658 bits per heavy atom. The zero-order valence-electron chi connectivity index (χ0n) is 21.7. The van der Waals surface area contributed by atoms with Crippen LogP contribution in [0, 0.1) is 17.5 Å². The van der Waals surface area contributed by atoms with Gasteiger partial charge in [0.2, 0.25) is 5.82 Å². The summed E-state index contributed by atoms with van der Waals surface area (Å²) < 4.78 is 49.5. The number of benzene rings is 4. The van der Waals surface area contributed by atoms with E-state index in [1.165, 1.54) is 24.3 Å². The molecule has 196 valence electrons. The summed E-state index contributed by atoms with van der Waals surface area (Å²) in [4.78, 5) is 12.6. The van der Waals surface area contributed by atoms with E-state index in [2.05, 4.69) is 13.8 Å². The summed E-state index contributed by atoms with van der Waals surface area (Å²) in [5.41, 5.74) is 3.87. The Labute approximate surface area is 222 Å². The molecule has 0 bridgehead atoms. The van der Waals surface area contributed by atoms with Crippen molar-refractivity contribution >= 4 is 5.97 Å². The molecule has 0 aliphatic rings. The Morgan fingerprint density at radius 3 is 1.95 bits per heavy atom. The van der Waals surface area contributed by atoms with E-state index in [0.717, 1.165) is 49.7 Å². The summed E-state index contributed by atoms with van der Waals surface area (Å²) in [6.07, 6.45) is 5.97. The zero-order chi connectivity index (χ0) is 27.1. The number of aryl methyl sites for hydroxylation is 2. The standard InChI is InChI=1S/C33H31F3O2/c1-3-5-6-8-23-11-18-27(29(34)21-23)24-14-16-26(17-15-24)33(37)38-30-20-19-28(31(35)32(30)36)25-12-9-22(7-4-2)10-13-25/h9-21H,3-8H2,1-2H3. The van der Waals surface area contributed by atoms with Gasteiger partial charge in [-0.1, -0.05) is 81.6 Å². The highest BCUT2D eigenvalue weighted by Crippen LogP contribution is 2.31. The molecule has 0 aliphatic heterocycles. The maximum absolute atomic E-state index is 14.8. The van der Waals surface area contributed by atoms with Crippen LogP contribution in [0.1, 0.15) is 61.0 Å². The highest BCUT2D eigenvalue weighted by atomic mass is 19.2. The first-order valence-electron chi connectivity index (χ1n) is 13.1. The molecule has 0 spiro atoms. The van der Waals surface area contributed by atoms with Crippen molar-refractivity contribution < 1.29 is 22.7 Å². The zero-order valence-corrected chi connectivity index (χ0v) is 21.7. The predicted octanol–water partition coefficient (Wildman–Crippen LogP) is 9.34. The lowest BCUT2D eigenvalue weighted by Crippen LogP contribution is -2.10. The Morgan fingerprint density at radius 2 is 1.29 bits per heavy atom. The largest absolute Gasteiger partial charge is 0.420 e. The summed E-state index contributed by atoms with van der Waals surface area (Å²) in [6, 6.07) is 21.3. The number of halogens is 3. The molecule has 0 unspecified atom stereocenters. The van der Waals surface area contributed by atoms with E-state index in [1.54, 1.807) is 36.4 Å². The molecule has 38 heavy (non-hydrogen) atoms. The van der Waals surface area contributed by atoms with E-state index in [9.17, 15) is 18.0 Å². The maximum Gasteiger partial charge on any atom is 0.343 e. The fraction of sp³-hybridized carbons (Fsp3) is 0.242. The van der Waals surface area contributed by atoms with Gasteiger partial charge in [-0.15, -0.1) is 0 Å². The van der Waals surface area contributed by atoms with Crippen LogP contribution in [0.25, 0.3) is 22.3 Å². The maximum atomic E-state index is 14.8. The van der Waals surface area contributed by atoms with Crippen molar-refractivity contribution in [1.82, 2.24) is 0 Å². The number of hydrogen-bond acceptors (Lipinski definition) is 2. The summed E-state index contributed by atoms with van der Waals surface area (Å²) in [5, 5.41) is 0. The van der Waals surface area contributed by atoms with Crippen LogP contribution in [-0.4, -0.2) is 5.97 Å². The quantitative estimate of drug-likeness (QED) is 0.119. The van der Waals surface area contributed by atoms with Crippen LogP contribution in [-0.2, 0) is 12.8 Å². The van der Waals surface area contributed by atoms with Crippen LogP contribution < -0.4 is 4.74 Å². The highest BCUT2D eigenvalue weighted by molar-refractivity contribution is 5.91. The Balaban J connectivity index is 1.46. The van der Waals surface area contributed by atoms with Crippen molar-refractivity contribution in [1.29, 1.82) is 0 Å². The third-order valence-electron chi connectivity index (χ3n) is 6.59. The third-order valence-corrected chi connectivity index (χ3v) is 6.59. The van der Waals surface area contributed by atoms with Gasteiger partial charge in [0.15, 0.2) is 11.6 Å². The molecule has 0 aliphatic carbocycles. The first-order valence-corrected chi connectivity index (χ1v) is 13.1. The van der Waals surface area contributed by atoms with Crippen molar-refractivity contribution in [2.45, 2.75) is 52.4 Å². The number of hydrogen-bond donors (Lipinski definition) is 0. The van der Waals surface area contributed by atoms with E-state index in [0.29, 0.717) is 16.7 Å². The molecule has 0 amide bonds. The smallest absolute Gasteiger partial charge is 0.343 e. The number of ether oxygens (including phenoxy) is 1. The van der Waals surface area contributed by atoms with Gasteiger partial charge in [0.25, 0.3) is 0 Å². The van der Waals surface area contributed by atoms with Crippen molar-refractivity contribution in [2.75, 3.05) is 0 Å². The number of carbonyl (C=O) groups excluding carboxylic acids is 1. The normalized spacial score (nSPS) is 11.0. The highest BCUT2D eigenvalue weighted by Gasteiger charge is 2.19. The SMILES string of the molecule is CCCCCc1ccc(-c2ccc(C(=O)Oc3ccc(-c4ccc(CCC)cc4)c(F)c3F)cc2)c(F)c1. The molecule has 2 nitrogen and oxygen atoms in total. The van der Waals surface area contributed by atoms with E-state index in [1.807, 2.05) is 18.2 Å². The molecule has 0 aromatic heterocycles. The molecular weight excluding hydrogens is 485 g/mol. The molecule has 0 heterocycles. The van der Waals surface area contributed by atoms with E-state index in [4.69, 9.17) is 4.74 Å².